The van der Waals surface area contributed by atoms with Crippen LogP contribution in [0.15, 0.2) is 36.8 Å². The van der Waals surface area contributed by atoms with E-state index in [0.29, 0.717) is 24.3 Å². The molecule has 3 N–H and O–H groups in total. The van der Waals surface area contributed by atoms with Gasteiger partial charge in [-0.3, -0.25) is 5.32 Å². The molecule has 10 heteroatoms. The summed E-state index contributed by atoms with van der Waals surface area (Å²) >= 11 is 0. The predicted octanol–water partition coefficient (Wildman–Crippen LogP) is 4.42. The zero-order valence-corrected chi connectivity index (χ0v) is 20.2. The summed E-state index contributed by atoms with van der Waals surface area (Å²) in [5, 5.41) is 11.2. The molecule has 1 aromatic carbocycles. The highest BCUT2D eigenvalue weighted by atomic mass is 16.5. The zero-order valence-electron chi connectivity index (χ0n) is 20.2. The van der Waals surface area contributed by atoms with Gasteiger partial charge in [0.1, 0.15) is 24.5 Å². The Labute approximate surface area is 207 Å². The van der Waals surface area contributed by atoms with Crippen molar-refractivity contribution in [1.82, 2.24) is 24.9 Å². The molecule has 4 heterocycles. The molecule has 0 fully saturated rings. The number of hydrogen-bond acceptors (Lipinski definition) is 7. The molecule has 36 heavy (non-hydrogen) atoms. The number of fused-ring (bicyclic) bond motifs is 3. The van der Waals surface area contributed by atoms with Crippen LogP contribution in [0.4, 0.5) is 16.6 Å². The van der Waals surface area contributed by atoms with Crippen molar-refractivity contribution in [3.05, 3.63) is 53.6 Å². The molecule has 0 spiro atoms. The van der Waals surface area contributed by atoms with Crippen LogP contribution in [0.1, 0.15) is 37.1 Å². The number of anilines is 2. The van der Waals surface area contributed by atoms with Crippen LogP contribution in [0.2, 0.25) is 0 Å². The third kappa shape index (κ3) is 4.19. The average Bonchev–Trinajstić information content (AvgIpc) is 3.11. The number of H-pyrrole nitrogens is 1. The molecule has 1 aliphatic heterocycles. The largest absolute Gasteiger partial charge is 0.491 e. The summed E-state index contributed by atoms with van der Waals surface area (Å²) in [6.45, 7) is 6.63. The van der Waals surface area contributed by atoms with Gasteiger partial charge in [-0.15, -0.1) is 0 Å². The summed E-state index contributed by atoms with van der Waals surface area (Å²) < 4.78 is 6.11. The Morgan fingerprint density at radius 2 is 2.08 bits per heavy atom. The molecule has 1 amide bonds. The van der Waals surface area contributed by atoms with E-state index in [4.69, 9.17) is 14.8 Å². The number of aromatic nitrogens is 5. The number of carbonyl (C=O) groups is 1. The second-order valence-corrected chi connectivity index (χ2v) is 10.2. The van der Waals surface area contributed by atoms with E-state index in [1.165, 1.54) is 5.56 Å². The van der Waals surface area contributed by atoms with Crippen LogP contribution in [0.5, 0.6) is 5.75 Å². The maximum Gasteiger partial charge on any atom is 0.411 e. The molecular weight excluding hydrogens is 458 g/mol. The number of amides is 1. The summed E-state index contributed by atoms with van der Waals surface area (Å²) in [6.07, 6.45) is 5.33. The number of nitrogens with zero attached hydrogens (tertiary/aromatic N) is 5. The van der Waals surface area contributed by atoms with Gasteiger partial charge >= 0.3 is 6.09 Å². The molecule has 2 aliphatic rings. The Kier molecular flexibility index (Phi) is 5.24. The average molecular weight is 486 g/mol. The number of pyridine rings is 1. The Balaban J connectivity index is 1.33. The van der Waals surface area contributed by atoms with Gasteiger partial charge in [-0.05, 0) is 48.4 Å². The summed E-state index contributed by atoms with van der Waals surface area (Å²) in [5.74, 6) is 2.02. The highest BCUT2D eigenvalue weighted by Gasteiger charge is 2.30. The van der Waals surface area contributed by atoms with E-state index in [-0.39, 0.29) is 11.4 Å². The molecule has 1 aliphatic carbocycles. The van der Waals surface area contributed by atoms with Gasteiger partial charge in [-0.2, -0.15) is 4.98 Å². The van der Waals surface area contributed by atoms with Gasteiger partial charge < -0.3 is 19.7 Å². The predicted molar refractivity (Wildman–Crippen MR) is 135 cm³/mol. The van der Waals surface area contributed by atoms with Gasteiger partial charge in [0.2, 0.25) is 5.95 Å². The molecule has 184 valence electrons. The molecule has 10 nitrogen and oxygen atoms in total. The number of nitrogens with one attached hydrogen (secondary N) is 2. The number of ether oxygens (including phenoxy) is 1. The number of aromatic amines is 1. The van der Waals surface area contributed by atoms with Crippen molar-refractivity contribution >= 4 is 29.0 Å². The fourth-order valence-electron chi connectivity index (χ4n) is 5.10. The lowest BCUT2D eigenvalue weighted by Gasteiger charge is -2.33. The third-order valence-corrected chi connectivity index (χ3v) is 6.94. The molecule has 6 rings (SSSR count). The molecule has 4 aromatic rings. The molecule has 0 atom stereocenters. The first kappa shape index (κ1) is 22.3. The third-order valence-electron chi connectivity index (χ3n) is 6.94. The van der Waals surface area contributed by atoms with Crippen molar-refractivity contribution < 1.29 is 14.6 Å². The summed E-state index contributed by atoms with van der Waals surface area (Å²) in [7, 11) is 0. The Morgan fingerprint density at radius 3 is 2.94 bits per heavy atom. The first-order chi connectivity index (χ1) is 17.3. The highest BCUT2D eigenvalue weighted by Crippen LogP contribution is 2.39. The highest BCUT2D eigenvalue weighted by molar-refractivity contribution is 5.85. The molecule has 0 saturated heterocycles. The quantitative estimate of drug-likeness (QED) is 0.389. The van der Waals surface area contributed by atoms with Crippen molar-refractivity contribution in [2.45, 2.75) is 39.7 Å². The van der Waals surface area contributed by atoms with Gasteiger partial charge in [0, 0.05) is 35.1 Å². The maximum atomic E-state index is 10.9. The zero-order chi connectivity index (χ0) is 24.9. The maximum absolute atomic E-state index is 10.9. The van der Waals surface area contributed by atoms with Crippen molar-refractivity contribution in [2.24, 2.45) is 5.41 Å². The van der Waals surface area contributed by atoms with E-state index < -0.39 is 6.09 Å². The Hall–Kier alpha value is -4.21. The van der Waals surface area contributed by atoms with Crippen LogP contribution in [0, 0.1) is 5.41 Å². The topological polar surface area (TPSA) is 129 Å². The molecule has 0 unspecified atom stereocenters. The first-order valence-corrected chi connectivity index (χ1v) is 12.0. The van der Waals surface area contributed by atoms with E-state index >= 15 is 0 Å². The first-order valence-electron chi connectivity index (χ1n) is 12.0. The summed E-state index contributed by atoms with van der Waals surface area (Å²) in [4.78, 5) is 34.1. The van der Waals surface area contributed by atoms with Crippen LogP contribution >= 0.6 is 0 Å². The number of rotatable bonds is 3. The van der Waals surface area contributed by atoms with Crippen LogP contribution in [-0.4, -0.2) is 49.3 Å². The fraction of sp³-hybridized carbons (Fsp3) is 0.346. The Morgan fingerprint density at radius 1 is 1.19 bits per heavy atom. The fourth-order valence-corrected chi connectivity index (χ4v) is 5.10. The van der Waals surface area contributed by atoms with Gasteiger partial charge in [0.25, 0.3) is 0 Å². The van der Waals surface area contributed by atoms with Crippen LogP contribution in [0.3, 0.4) is 0 Å². The number of carboxylic acid groups (broad SMARTS) is 1. The minimum absolute atomic E-state index is 0.143. The lowest BCUT2D eigenvalue weighted by atomic mass is 9.76. The molecule has 3 aromatic heterocycles. The monoisotopic (exact) mass is 485 g/mol. The van der Waals surface area contributed by atoms with Gasteiger partial charge in [-0.1, -0.05) is 19.9 Å². The van der Waals surface area contributed by atoms with Crippen molar-refractivity contribution in [3.63, 3.8) is 0 Å². The van der Waals surface area contributed by atoms with Gasteiger partial charge in [0.15, 0.2) is 5.65 Å². The number of benzene rings is 1. The lowest BCUT2D eigenvalue weighted by molar-refractivity contribution is 0.209. The number of aryl methyl sites for hydroxylation is 1. The molecular formula is C26H27N7O3. The minimum atomic E-state index is -1.18. The standard InChI is InChI=1S/C26H27N7O3/c1-26(2)6-5-19-18(11-26)23(29-14-28-19)33-7-8-36-21-4-3-15(9-17(21)13-33)16-10-20-22(27-12-16)31-24(30-20)32-25(34)35/h3-4,9-10,12,14H,5-8,11,13H2,1-2H3,(H,34,35)(H2,27,30,31,32). The van der Waals surface area contributed by atoms with E-state index in [9.17, 15) is 4.79 Å². The van der Waals surface area contributed by atoms with E-state index in [1.807, 2.05) is 18.2 Å². The van der Waals surface area contributed by atoms with E-state index in [0.717, 1.165) is 59.8 Å². The normalized spacial score (nSPS) is 16.6. The lowest BCUT2D eigenvalue weighted by Crippen LogP contribution is -2.31. The minimum Gasteiger partial charge on any atom is -0.491 e. The van der Waals surface area contributed by atoms with E-state index in [2.05, 4.69) is 50.1 Å². The van der Waals surface area contributed by atoms with Gasteiger partial charge in [-0.25, -0.2) is 19.7 Å². The van der Waals surface area contributed by atoms with Crippen molar-refractivity contribution in [2.75, 3.05) is 23.4 Å². The van der Waals surface area contributed by atoms with Crippen LogP contribution < -0.4 is 15.0 Å². The Bertz CT molecular complexity index is 1480. The van der Waals surface area contributed by atoms with Crippen LogP contribution in [0.25, 0.3) is 22.3 Å². The van der Waals surface area contributed by atoms with Crippen LogP contribution in [-0.2, 0) is 19.4 Å². The van der Waals surface area contributed by atoms with Crippen molar-refractivity contribution in [1.29, 1.82) is 0 Å². The molecule has 0 saturated carbocycles. The van der Waals surface area contributed by atoms with Gasteiger partial charge in [0.05, 0.1) is 12.1 Å². The SMILES string of the molecule is CC1(C)CCc2ncnc(N3CCOc4ccc(-c5cnc6nc(NC(=O)O)[nH]c6c5)cc4C3)c2C1. The molecule has 0 radical (unpaired) electrons. The summed E-state index contributed by atoms with van der Waals surface area (Å²) in [6, 6.07) is 8.06. The smallest absolute Gasteiger partial charge is 0.411 e. The number of imidazole rings is 1. The molecule has 0 bridgehead atoms. The van der Waals surface area contributed by atoms with E-state index in [1.54, 1.807) is 12.5 Å². The van der Waals surface area contributed by atoms with Crippen molar-refractivity contribution in [3.8, 4) is 16.9 Å². The number of hydrogen-bond donors (Lipinski definition) is 3. The summed E-state index contributed by atoms with van der Waals surface area (Å²) in [5.41, 5.74) is 6.71. The second kappa shape index (κ2) is 8.47. The second-order valence-electron chi connectivity index (χ2n) is 10.2.